The predicted molar refractivity (Wildman–Crippen MR) is 158 cm³/mol. The predicted octanol–water partition coefficient (Wildman–Crippen LogP) is 3.30. The van der Waals surface area contributed by atoms with E-state index in [0.717, 1.165) is 32.1 Å². The molecular formula is C31H47N5O7. The second-order valence-electron chi connectivity index (χ2n) is 13.7. The minimum atomic E-state index is -0.806. The van der Waals surface area contributed by atoms with Gasteiger partial charge in [0.2, 0.25) is 5.91 Å². The second kappa shape index (κ2) is 14.3. The monoisotopic (exact) mass is 601 g/mol. The molecule has 2 N–H and O–H groups in total. The maximum absolute atomic E-state index is 13.9. The highest BCUT2D eigenvalue weighted by atomic mass is 16.6. The number of amides is 3. The lowest BCUT2D eigenvalue weighted by Gasteiger charge is -2.34. The molecule has 2 aliphatic rings. The van der Waals surface area contributed by atoms with Gasteiger partial charge in [-0.2, -0.15) is 0 Å². The van der Waals surface area contributed by atoms with Gasteiger partial charge in [0.15, 0.2) is 5.78 Å². The zero-order valence-corrected chi connectivity index (χ0v) is 26.5. The van der Waals surface area contributed by atoms with Crippen molar-refractivity contribution < 1.29 is 33.4 Å². The van der Waals surface area contributed by atoms with Crippen LogP contribution in [0.5, 0.6) is 0 Å². The van der Waals surface area contributed by atoms with Crippen molar-refractivity contribution >= 4 is 29.7 Å². The summed E-state index contributed by atoms with van der Waals surface area (Å²) in [5.74, 6) is -3.28. The molecule has 12 heteroatoms. The van der Waals surface area contributed by atoms with E-state index in [1.54, 1.807) is 20.8 Å². The van der Waals surface area contributed by atoms with Gasteiger partial charge >= 0.3 is 12.1 Å². The number of nitrogens with zero attached hydrogens (tertiary/aromatic N) is 3. The van der Waals surface area contributed by atoms with E-state index in [1.807, 2.05) is 20.8 Å². The summed E-state index contributed by atoms with van der Waals surface area (Å²) < 4.78 is 10.4. The average Bonchev–Trinajstić information content (AvgIpc) is 3.37. The molecule has 0 bridgehead atoms. The number of carbonyl (C=O) groups is 5. The fourth-order valence-corrected chi connectivity index (χ4v) is 5.81. The van der Waals surface area contributed by atoms with Gasteiger partial charge in [0.05, 0.1) is 31.3 Å². The largest absolute Gasteiger partial charge is 0.460 e. The highest BCUT2D eigenvalue weighted by Crippen LogP contribution is 2.33. The third-order valence-corrected chi connectivity index (χ3v) is 8.11. The number of carbonyl (C=O) groups excluding carboxylic acids is 5. The van der Waals surface area contributed by atoms with Crippen molar-refractivity contribution in [3.63, 3.8) is 0 Å². The molecule has 1 saturated carbocycles. The van der Waals surface area contributed by atoms with Gasteiger partial charge in [-0.1, -0.05) is 40.0 Å². The van der Waals surface area contributed by atoms with Crippen LogP contribution in [0.4, 0.5) is 4.79 Å². The van der Waals surface area contributed by atoms with Crippen molar-refractivity contribution in [1.29, 1.82) is 0 Å². The number of methoxy groups -OCH3 is 1. The molecule has 1 aromatic rings. The van der Waals surface area contributed by atoms with Crippen molar-refractivity contribution in [2.45, 2.75) is 97.8 Å². The first-order valence-electron chi connectivity index (χ1n) is 15.1. The highest BCUT2D eigenvalue weighted by molar-refractivity contribution is 5.97. The molecule has 1 aliphatic heterocycles. The van der Waals surface area contributed by atoms with Gasteiger partial charge in [0.25, 0.3) is 5.91 Å². The average molecular weight is 602 g/mol. The summed E-state index contributed by atoms with van der Waals surface area (Å²) in [7, 11) is 1.25. The smallest absolute Gasteiger partial charge is 0.409 e. The van der Waals surface area contributed by atoms with E-state index in [9.17, 15) is 24.0 Å². The molecule has 4 atom stereocenters. The van der Waals surface area contributed by atoms with E-state index in [0.29, 0.717) is 0 Å². The first-order valence-corrected chi connectivity index (χ1v) is 15.1. The maximum Gasteiger partial charge on any atom is 0.409 e. The van der Waals surface area contributed by atoms with Crippen molar-refractivity contribution in [3.8, 4) is 0 Å². The fraction of sp³-hybridized carbons (Fsp3) is 0.710. The summed E-state index contributed by atoms with van der Waals surface area (Å²) in [6, 6.07) is -1.50. The van der Waals surface area contributed by atoms with Gasteiger partial charge in [-0.25, -0.2) is 9.78 Å². The number of nitrogens with one attached hydrogen (secondary N) is 2. The molecule has 3 rings (SSSR count). The number of esters is 1. The normalized spacial score (nSPS) is 21.0. The Labute approximate surface area is 254 Å². The van der Waals surface area contributed by atoms with E-state index in [1.165, 1.54) is 30.6 Å². The molecule has 0 radical (unpaired) electrons. The summed E-state index contributed by atoms with van der Waals surface area (Å²) in [6.07, 6.45) is 8.11. The minimum Gasteiger partial charge on any atom is -0.460 e. The zero-order valence-electron chi connectivity index (χ0n) is 26.5. The molecule has 0 aromatic carbocycles. The van der Waals surface area contributed by atoms with Crippen LogP contribution >= 0.6 is 0 Å². The lowest BCUT2D eigenvalue weighted by atomic mass is 9.74. The van der Waals surface area contributed by atoms with Crippen molar-refractivity contribution in [1.82, 2.24) is 25.5 Å². The number of likely N-dealkylation sites (tertiary alicyclic amines) is 1. The standard InChI is InChI=1S/C31H47N5O7/c1-30(2,3)21(26(38)34-23-18-36(29(41)42-7)17-20(23)28(40)43-31(4,5)6)15-24(37)25(19-11-9-8-10-12-19)35-27(39)22-16-32-13-14-33-22/h13-14,16,19-21,23,25H,8-12,15,17-18H2,1-7H3,(H,34,38)(H,35,39)/t20-,21-,23+,25+/m1/s1. The minimum absolute atomic E-state index is 0.0316. The van der Waals surface area contributed by atoms with Crippen LogP contribution in [0, 0.1) is 23.2 Å². The lowest BCUT2D eigenvalue weighted by molar-refractivity contribution is -0.160. The summed E-state index contributed by atoms with van der Waals surface area (Å²) in [4.78, 5) is 75.6. The van der Waals surface area contributed by atoms with Gasteiger partial charge in [-0.15, -0.1) is 0 Å². The molecule has 12 nitrogen and oxygen atoms in total. The Morgan fingerprint density at radius 3 is 2.23 bits per heavy atom. The third kappa shape index (κ3) is 9.46. The van der Waals surface area contributed by atoms with Crippen molar-refractivity contribution in [2.75, 3.05) is 20.2 Å². The van der Waals surface area contributed by atoms with Crippen LogP contribution in [-0.4, -0.2) is 82.4 Å². The second-order valence-corrected chi connectivity index (χ2v) is 13.7. The Kier molecular flexibility index (Phi) is 11.3. The highest BCUT2D eigenvalue weighted by Gasteiger charge is 2.45. The van der Waals surface area contributed by atoms with Gasteiger partial charge < -0.3 is 25.0 Å². The molecule has 0 spiro atoms. The van der Waals surface area contributed by atoms with Crippen LogP contribution < -0.4 is 10.6 Å². The van der Waals surface area contributed by atoms with E-state index in [4.69, 9.17) is 9.47 Å². The Morgan fingerprint density at radius 1 is 1.00 bits per heavy atom. The molecule has 1 aromatic heterocycles. The Hall–Kier alpha value is -3.57. The van der Waals surface area contributed by atoms with E-state index < -0.39 is 58.8 Å². The third-order valence-electron chi connectivity index (χ3n) is 8.11. The number of rotatable bonds is 9. The maximum atomic E-state index is 13.9. The molecule has 2 fully saturated rings. The van der Waals surface area contributed by atoms with Crippen molar-refractivity contribution in [3.05, 3.63) is 24.3 Å². The van der Waals surface area contributed by atoms with Crippen LogP contribution in [0.3, 0.4) is 0 Å². The summed E-state index contributed by atoms with van der Waals surface area (Å²) >= 11 is 0. The van der Waals surface area contributed by atoms with Crippen LogP contribution in [0.25, 0.3) is 0 Å². The number of Topliss-reactive ketones (excluding diaryl/α,β-unsaturated/α-hetero) is 1. The first-order chi connectivity index (χ1) is 20.1. The van der Waals surface area contributed by atoms with Crippen molar-refractivity contribution in [2.24, 2.45) is 23.2 Å². The Morgan fingerprint density at radius 2 is 1.67 bits per heavy atom. The molecule has 238 valence electrons. The Balaban J connectivity index is 1.81. The molecule has 0 unspecified atom stereocenters. The lowest BCUT2D eigenvalue weighted by Crippen LogP contribution is -2.51. The van der Waals surface area contributed by atoms with Gasteiger partial charge in [0, 0.05) is 37.8 Å². The van der Waals surface area contributed by atoms with Gasteiger partial charge in [0.1, 0.15) is 11.3 Å². The quantitative estimate of drug-likeness (QED) is 0.405. The molecule has 2 heterocycles. The van der Waals surface area contributed by atoms with E-state index in [2.05, 4.69) is 20.6 Å². The summed E-state index contributed by atoms with van der Waals surface area (Å²) in [5.41, 5.74) is -1.27. The molecule has 1 aliphatic carbocycles. The summed E-state index contributed by atoms with van der Waals surface area (Å²) in [5, 5.41) is 5.85. The van der Waals surface area contributed by atoms with Crippen LogP contribution in [0.1, 0.15) is 90.6 Å². The number of aromatic nitrogens is 2. The zero-order chi connectivity index (χ0) is 31.9. The molecular weight excluding hydrogens is 554 g/mol. The molecule has 1 saturated heterocycles. The van der Waals surface area contributed by atoms with Crippen LogP contribution in [0.2, 0.25) is 0 Å². The number of hydrogen-bond acceptors (Lipinski definition) is 9. The number of ketones is 1. The first kappa shape index (κ1) is 33.9. The Bertz CT molecular complexity index is 1160. The fourth-order valence-electron chi connectivity index (χ4n) is 5.81. The van der Waals surface area contributed by atoms with Crippen LogP contribution in [0.15, 0.2) is 18.6 Å². The summed E-state index contributed by atoms with van der Waals surface area (Å²) in [6.45, 7) is 11.0. The van der Waals surface area contributed by atoms with Gasteiger partial charge in [-0.05, 0) is 44.9 Å². The molecule has 43 heavy (non-hydrogen) atoms. The topological polar surface area (TPSA) is 157 Å². The number of hydrogen-bond donors (Lipinski definition) is 2. The van der Waals surface area contributed by atoms with E-state index >= 15 is 0 Å². The van der Waals surface area contributed by atoms with Crippen LogP contribution in [-0.2, 0) is 23.9 Å². The SMILES string of the molecule is COC(=O)N1C[C@H](NC(=O)[C@@H](CC(=O)[C@@H](NC(=O)c2cnccn2)C2CCCCC2)C(C)(C)C)[C@H](C(=O)OC(C)(C)C)C1. The van der Waals surface area contributed by atoms with E-state index in [-0.39, 0.29) is 36.9 Å². The molecule has 3 amide bonds. The van der Waals surface area contributed by atoms with Gasteiger partial charge in [-0.3, -0.25) is 24.2 Å². The number of ether oxygens (including phenoxy) is 2.